The number of fused-ring (bicyclic) bond motifs is 5. The fourth-order valence-electron chi connectivity index (χ4n) is 8.24. The Morgan fingerprint density at radius 1 is 1.16 bits per heavy atom. The summed E-state index contributed by atoms with van der Waals surface area (Å²) in [5.74, 6) is 2.98. The summed E-state index contributed by atoms with van der Waals surface area (Å²) in [5, 5.41) is 15.7. The number of aromatic nitrogens is 2. The third-order valence-corrected chi connectivity index (χ3v) is 11.3. The third-order valence-electron chi connectivity index (χ3n) is 10.2. The zero-order chi connectivity index (χ0) is 30.2. The first-order chi connectivity index (χ1) is 21.3. The maximum Gasteiger partial charge on any atom is 0.277 e. The van der Waals surface area contributed by atoms with Gasteiger partial charge in [0.25, 0.3) is 5.91 Å². The number of thioether (sulfide) groups is 1. The maximum absolute atomic E-state index is 14.8. The molecule has 6 heterocycles. The van der Waals surface area contributed by atoms with Gasteiger partial charge >= 0.3 is 0 Å². The average Bonchev–Trinajstić information content (AvgIpc) is 3.66. The number of carbonyl (C=O) groups is 1. The van der Waals surface area contributed by atoms with E-state index in [1.54, 1.807) is 11.0 Å². The maximum atomic E-state index is 14.8. The first-order valence-electron chi connectivity index (χ1n) is 15.5. The van der Waals surface area contributed by atoms with Gasteiger partial charge in [-0.1, -0.05) is 23.7 Å². The van der Waals surface area contributed by atoms with Crippen molar-refractivity contribution in [2.75, 3.05) is 48.3 Å². The molecule has 228 valence electrons. The lowest BCUT2D eigenvalue weighted by molar-refractivity contribution is 0.0974. The number of benzene rings is 2. The van der Waals surface area contributed by atoms with E-state index in [0.717, 1.165) is 56.7 Å². The van der Waals surface area contributed by atoms with Gasteiger partial charge < -0.3 is 20.2 Å². The van der Waals surface area contributed by atoms with Gasteiger partial charge in [-0.05, 0) is 62.6 Å². The molecule has 3 aromatic rings. The van der Waals surface area contributed by atoms with Gasteiger partial charge in [-0.15, -0.1) is 6.42 Å². The number of hydrogen-bond acceptors (Lipinski definition) is 8. The lowest BCUT2D eigenvalue weighted by Crippen LogP contribution is -2.52. The molecule has 0 aliphatic carbocycles. The summed E-state index contributed by atoms with van der Waals surface area (Å²) in [7, 11) is 0. The number of phenolic OH excluding ortho intramolecular Hbond substituents is 1. The highest BCUT2D eigenvalue weighted by atomic mass is 32.2. The molecule has 0 spiro atoms. The molecule has 8 rings (SSSR count). The number of aromatic hydroxyl groups is 1. The van der Waals surface area contributed by atoms with E-state index in [9.17, 15) is 18.7 Å². The normalized spacial score (nSPS) is 28.0. The van der Waals surface area contributed by atoms with Gasteiger partial charge in [0, 0.05) is 66.6 Å². The Hall–Kier alpha value is -3.46. The molecule has 11 heteroatoms. The van der Waals surface area contributed by atoms with Crippen molar-refractivity contribution in [2.45, 2.75) is 67.5 Å². The van der Waals surface area contributed by atoms with Gasteiger partial charge in [0.05, 0.1) is 11.3 Å². The summed E-state index contributed by atoms with van der Waals surface area (Å²) in [4.78, 5) is 30.5. The number of terminal acetylenes is 1. The second kappa shape index (κ2) is 10.6. The molecule has 2 N–H and O–H groups in total. The zero-order valence-electron chi connectivity index (χ0n) is 24.4. The molecule has 2 aromatic carbocycles. The largest absolute Gasteiger partial charge is 0.508 e. The molecule has 0 saturated carbocycles. The van der Waals surface area contributed by atoms with Gasteiger partial charge in [-0.2, -0.15) is 0 Å². The van der Waals surface area contributed by atoms with Crippen LogP contribution in [0.3, 0.4) is 0 Å². The number of anilines is 2. The van der Waals surface area contributed by atoms with E-state index < -0.39 is 12.0 Å². The molecular weight excluding hydrogens is 582 g/mol. The fourth-order valence-corrected chi connectivity index (χ4v) is 9.39. The van der Waals surface area contributed by atoms with Crippen LogP contribution >= 0.6 is 11.8 Å². The van der Waals surface area contributed by atoms with E-state index in [1.807, 2.05) is 0 Å². The van der Waals surface area contributed by atoms with Crippen LogP contribution in [0.1, 0.15) is 53.7 Å². The Balaban J connectivity index is 1.20. The van der Waals surface area contributed by atoms with Crippen molar-refractivity contribution in [1.82, 2.24) is 20.2 Å². The van der Waals surface area contributed by atoms with Crippen LogP contribution in [0.2, 0.25) is 0 Å². The minimum atomic E-state index is -0.822. The predicted octanol–water partition coefficient (Wildman–Crippen LogP) is 4.27. The molecule has 8 nitrogen and oxygen atoms in total. The van der Waals surface area contributed by atoms with Gasteiger partial charge in [0.2, 0.25) is 0 Å². The quantitative estimate of drug-likeness (QED) is 0.250. The molecule has 2 bridgehead atoms. The number of nitrogens with zero attached hydrogens (tertiary/aromatic N) is 5. The Morgan fingerprint density at radius 2 is 1.98 bits per heavy atom. The summed E-state index contributed by atoms with van der Waals surface area (Å²) < 4.78 is 29.3. The van der Waals surface area contributed by atoms with Crippen LogP contribution in [0, 0.1) is 18.2 Å². The SMILES string of the molecule is C#Cc1c(F)ccc2cc(O)cc(N3CCc4c(nc(SC[C@@]56CCCN5C[C@H](F)C6)nc4N4C[C@H]5CC[C@@H](C4)N5)C3=O)c12. The van der Waals surface area contributed by atoms with Crippen molar-refractivity contribution in [1.29, 1.82) is 0 Å². The zero-order valence-corrected chi connectivity index (χ0v) is 25.2. The van der Waals surface area contributed by atoms with Crippen molar-refractivity contribution in [3.8, 4) is 18.1 Å². The lowest BCUT2D eigenvalue weighted by Gasteiger charge is -2.37. The van der Waals surface area contributed by atoms with Crippen LogP contribution in [0.5, 0.6) is 5.75 Å². The molecule has 1 aromatic heterocycles. The van der Waals surface area contributed by atoms with Crippen LogP contribution in [0.25, 0.3) is 10.8 Å². The predicted molar refractivity (Wildman–Crippen MR) is 167 cm³/mol. The highest BCUT2D eigenvalue weighted by Gasteiger charge is 2.49. The summed E-state index contributed by atoms with van der Waals surface area (Å²) in [6.07, 6.45) is 10.2. The van der Waals surface area contributed by atoms with Crippen molar-refractivity contribution in [3.05, 3.63) is 46.9 Å². The fraction of sp³-hybridized carbons (Fsp3) is 0.485. The summed E-state index contributed by atoms with van der Waals surface area (Å²) in [6, 6.07) is 6.59. The van der Waals surface area contributed by atoms with Crippen molar-refractivity contribution >= 4 is 39.9 Å². The second-order valence-electron chi connectivity index (χ2n) is 12.9. The minimum absolute atomic E-state index is 0.0419. The summed E-state index contributed by atoms with van der Waals surface area (Å²) in [6.45, 7) is 3.32. The molecule has 4 fully saturated rings. The second-order valence-corrected chi connectivity index (χ2v) is 13.8. The molecule has 0 unspecified atom stereocenters. The van der Waals surface area contributed by atoms with Crippen molar-refractivity contribution in [3.63, 3.8) is 0 Å². The minimum Gasteiger partial charge on any atom is -0.508 e. The van der Waals surface area contributed by atoms with E-state index in [2.05, 4.69) is 21.0 Å². The number of hydrogen-bond donors (Lipinski definition) is 2. The summed E-state index contributed by atoms with van der Waals surface area (Å²) >= 11 is 1.51. The highest BCUT2D eigenvalue weighted by molar-refractivity contribution is 7.99. The average molecular weight is 617 g/mol. The van der Waals surface area contributed by atoms with E-state index in [1.165, 1.54) is 30.0 Å². The Bertz CT molecular complexity index is 1720. The number of halogens is 2. The Morgan fingerprint density at radius 3 is 2.77 bits per heavy atom. The summed E-state index contributed by atoms with van der Waals surface area (Å²) in [5.41, 5.74) is 1.34. The number of amides is 1. The smallest absolute Gasteiger partial charge is 0.277 e. The van der Waals surface area contributed by atoms with Crippen LogP contribution < -0.4 is 15.1 Å². The van der Waals surface area contributed by atoms with E-state index in [-0.39, 0.29) is 22.8 Å². The van der Waals surface area contributed by atoms with E-state index in [0.29, 0.717) is 71.1 Å². The number of nitrogens with one attached hydrogen (secondary N) is 1. The Labute approximate surface area is 259 Å². The van der Waals surface area contributed by atoms with Crippen LogP contribution in [-0.4, -0.2) is 88.2 Å². The molecule has 4 atom stereocenters. The van der Waals surface area contributed by atoms with E-state index in [4.69, 9.17) is 16.4 Å². The first-order valence-corrected chi connectivity index (χ1v) is 16.5. The molecule has 0 radical (unpaired) electrons. The van der Waals surface area contributed by atoms with Gasteiger partial charge in [0.15, 0.2) is 5.16 Å². The van der Waals surface area contributed by atoms with Crippen LogP contribution in [0.4, 0.5) is 20.3 Å². The monoisotopic (exact) mass is 616 g/mol. The number of phenols is 1. The molecule has 44 heavy (non-hydrogen) atoms. The van der Waals surface area contributed by atoms with Crippen LogP contribution in [-0.2, 0) is 6.42 Å². The number of alkyl halides is 1. The molecule has 4 saturated heterocycles. The number of piperazine rings is 1. The van der Waals surface area contributed by atoms with Gasteiger partial charge in [-0.3, -0.25) is 9.69 Å². The topological polar surface area (TPSA) is 84.8 Å². The molecule has 1 amide bonds. The molecule has 5 aliphatic rings. The molecule has 5 aliphatic heterocycles. The highest BCUT2D eigenvalue weighted by Crippen LogP contribution is 2.44. The van der Waals surface area contributed by atoms with Crippen molar-refractivity contribution in [2.24, 2.45) is 0 Å². The molecular formula is C33H34F2N6O2S. The number of rotatable bonds is 5. The van der Waals surface area contributed by atoms with Gasteiger partial charge in [-0.25, -0.2) is 18.7 Å². The third kappa shape index (κ3) is 4.53. The lowest BCUT2D eigenvalue weighted by atomic mass is 9.96. The Kier molecular flexibility index (Phi) is 6.74. The van der Waals surface area contributed by atoms with Crippen molar-refractivity contribution < 1.29 is 18.7 Å². The van der Waals surface area contributed by atoms with E-state index >= 15 is 0 Å². The first kappa shape index (κ1) is 28.0. The van der Waals surface area contributed by atoms with Crippen LogP contribution in [0.15, 0.2) is 29.4 Å². The number of carbonyl (C=O) groups excluding carboxylic acids is 1. The standard InChI is InChI=1S/C33H34F2N6O2S/c1-2-24-26(35)7-4-19-12-23(42)13-27(28(19)24)41-11-8-25-29(31(41)43)37-32(38-30(25)39-16-21-5-6-22(17-39)36-21)44-18-33-9-3-10-40(33)15-20(34)14-33/h1,4,7,12-13,20-22,36,42H,3,5-6,8-11,14-18H2/t20-,21-,22+,33+/m1/s1. The van der Waals surface area contributed by atoms with Gasteiger partial charge in [0.1, 0.15) is 29.3 Å².